The van der Waals surface area contributed by atoms with Crippen LogP contribution < -0.4 is 10.1 Å². The second kappa shape index (κ2) is 5.48. The lowest BCUT2D eigenvalue weighted by molar-refractivity contribution is -0.274. The molecule has 1 fully saturated rings. The number of ether oxygens (including phenoxy) is 2. The van der Waals surface area contributed by atoms with Gasteiger partial charge in [0.05, 0.1) is 6.61 Å². The fraction of sp³-hybridized carbons (Fsp3) is 0.417. The van der Waals surface area contributed by atoms with Crippen LogP contribution in [0.25, 0.3) is 0 Å². The lowest BCUT2D eigenvalue weighted by atomic mass is 10.1. The summed E-state index contributed by atoms with van der Waals surface area (Å²) in [4.78, 5) is 11.2. The molecular formula is C12H12F3NO3. The Morgan fingerprint density at radius 1 is 1.37 bits per heavy atom. The van der Waals surface area contributed by atoms with Crippen LogP contribution in [0, 0.1) is 0 Å². The van der Waals surface area contributed by atoms with Crippen molar-refractivity contribution in [3.05, 3.63) is 29.8 Å². The molecule has 19 heavy (non-hydrogen) atoms. The van der Waals surface area contributed by atoms with Gasteiger partial charge in [-0.05, 0) is 6.07 Å². The molecule has 1 aliphatic heterocycles. The largest absolute Gasteiger partial charge is 0.573 e. The van der Waals surface area contributed by atoms with Gasteiger partial charge in [-0.15, -0.1) is 13.2 Å². The van der Waals surface area contributed by atoms with Crippen molar-refractivity contribution >= 4 is 5.97 Å². The minimum atomic E-state index is -4.73. The van der Waals surface area contributed by atoms with Crippen molar-refractivity contribution < 1.29 is 27.4 Å². The Bertz CT molecular complexity index is 462. The molecular weight excluding hydrogens is 263 g/mol. The van der Waals surface area contributed by atoms with Gasteiger partial charge in [0.2, 0.25) is 0 Å². The lowest BCUT2D eigenvalue weighted by Gasteiger charge is -2.14. The highest BCUT2D eigenvalue weighted by atomic mass is 19.4. The van der Waals surface area contributed by atoms with E-state index in [0.29, 0.717) is 18.6 Å². The summed E-state index contributed by atoms with van der Waals surface area (Å²) in [5, 5.41) is 2.85. The molecule has 0 radical (unpaired) electrons. The molecule has 1 atom stereocenters. The molecule has 1 saturated heterocycles. The summed E-state index contributed by atoms with van der Waals surface area (Å²) in [6.07, 6.45) is -4.22. The van der Waals surface area contributed by atoms with Crippen molar-refractivity contribution in [2.24, 2.45) is 0 Å². The van der Waals surface area contributed by atoms with Gasteiger partial charge in [-0.2, -0.15) is 0 Å². The van der Waals surface area contributed by atoms with Crippen molar-refractivity contribution in [1.29, 1.82) is 0 Å². The molecule has 4 nitrogen and oxygen atoms in total. The number of hydrogen-bond acceptors (Lipinski definition) is 4. The van der Waals surface area contributed by atoms with Gasteiger partial charge in [-0.25, -0.2) is 0 Å². The molecule has 7 heteroatoms. The third kappa shape index (κ3) is 3.85. The third-order valence-electron chi connectivity index (χ3n) is 2.67. The Labute approximate surface area is 107 Å². The Morgan fingerprint density at radius 3 is 2.74 bits per heavy atom. The van der Waals surface area contributed by atoms with Gasteiger partial charge in [0.15, 0.2) is 0 Å². The maximum Gasteiger partial charge on any atom is 0.573 e. The predicted molar refractivity (Wildman–Crippen MR) is 59.3 cm³/mol. The van der Waals surface area contributed by atoms with Crippen LogP contribution in [0.15, 0.2) is 24.3 Å². The van der Waals surface area contributed by atoms with Crippen LogP contribution in [0.3, 0.4) is 0 Å². The molecule has 0 aliphatic carbocycles. The van der Waals surface area contributed by atoms with Crippen molar-refractivity contribution in [3.63, 3.8) is 0 Å². The van der Waals surface area contributed by atoms with Gasteiger partial charge in [0.1, 0.15) is 11.8 Å². The second-order valence-corrected chi connectivity index (χ2v) is 4.05. The van der Waals surface area contributed by atoms with E-state index < -0.39 is 12.4 Å². The van der Waals surface area contributed by atoms with Gasteiger partial charge in [0, 0.05) is 18.5 Å². The molecule has 0 saturated carbocycles. The quantitative estimate of drug-likeness (QED) is 0.854. The zero-order valence-corrected chi connectivity index (χ0v) is 9.87. The van der Waals surface area contributed by atoms with Gasteiger partial charge in [-0.1, -0.05) is 18.2 Å². The van der Waals surface area contributed by atoms with Crippen molar-refractivity contribution in [3.8, 4) is 5.75 Å². The van der Waals surface area contributed by atoms with Crippen LogP contribution in [-0.2, 0) is 16.1 Å². The topological polar surface area (TPSA) is 47.6 Å². The van der Waals surface area contributed by atoms with Crippen molar-refractivity contribution in [1.82, 2.24) is 5.32 Å². The number of rotatable bonds is 4. The van der Waals surface area contributed by atoms with E-state index in [0.717, 1.165) is 0 Å². The highest BCUT2D eigenvalue weighted by Crippen LogP contribution is 2.26. The summed E-state index contributed by atoms with van der Waals surface area (Å²) in [6, 6.07) is 5.33. The number of cyclic esters (lactones) is 1. The molecule has 0 amide bonds. The van der Waals surface area contributed by atoms with Crippen LogP contribution in [0.1, 0.15) is 12.0 Å². The summed E-state index contributed by atoms with van der Waals surface area (Å²) < 4.78 is 45.3. The van der Waals surface area contributed by atoms with Gasteiger partial charge < -0.3 is 14.8 Å². The van der Waals surface area contributed by atoms with Crippen LogP contribution in [0.5, 0.6) is 5.75 Å². The molecule has 1 aliphatic rings. The standard InChI is InChI=1S/C12H12F3NO3/c13-12(14,15)19-10-4-2-1-3-8(10)7-16-9-5-6-18-11(9)17/h1-4,9,16H,5-7H2. The lowest BCUT2D eigenvalue weighted by Crippen LogP contribution is -2.32. The minimum Gasteiger partial charge on any atom is -0.464 e. The normalized spacial score (nSPS) is 19.3. The number of carbonyl (C=O) groups excluding carboxylic acids is 1. The fourth-order valence-electron chi connectivity index (χ4n) is 1.79. The number of halogens is 3. The number of carbonyl (C=O) groups is 1. The Hall–Kier alpha value is -1.76. The first-order valence-electron chi connectivity index (χ1n) is 5.69. The Morgan fingerprint density at radius 2 is 2.11 bits per heavy atom. The summed E-state index contributed by atoms with van der Waals surface area (Å²) in [5.74, 6) is -0.650. The number of hydrogen-bond donors (Lipinski definition) is 1. The van der Waals surface area contributed by atoms with E-state index in [4.69, 9.17) is 4.74 Å². The third-order valence-corrected chi connectivity index (χ3v) is 2.67. The molecule has 0 spiro atoms. The number of alkyl halides is 3. The van der Waals surface area contributed by atoms with Crippen LogP contribution in [-0.4, -0.2) is 25.0 Å². The van der Waals surface area contributed by atoms with Crippen molar-refractivity contribution in [2.75, 3.05) is 6.61 Å². The van der Waals surface area contributed by atoms with Gasteiger partial charge in [-0.3, -0.25) is 4.79 Å². The second-order valence-electron chi connectivity index (χ2n) is 4.05. The number of esters is 1. The van der Waals surface area contributed by atoms with Gasteiger partial charge >= 0.3 is 12.3 Å². The monoisotopic (exact) mass is 275 g/mol. The minimum absolute atomic E-state index is 0.103. The Balaban J connectivity index is 2.01. The van der Waals surface area contributed by atoms with E-state index in [1.54, 1.807) is 6.07 Å². The van der Waals surface area contributed by atoms with Crippen LogP contribution in [0.4, 0.5) is 13.2 Å². The average Bonchev–Trinajstić information content (AvgIpc) is 2.72. The van der Waals surface area contributed by atoms with E-state index >= 15 is 0 Å². The van der Waals surface area contributed by atoms with E-state index in [2.05, 4.69) is 10.1 Å². The van der Waals surface area contributed by atoms with Crippen LogP contribution >= 0.6 is 0 Å². The summed E-state index contributed by atoms with van der Waals surface area (Å²) in [6.45, 7) is 0.434. The van der Waals surface area contributed by atoms with Crippen molar-refractivity contribution in [2.45, 2.75) is 25.4 Å². The first kappa shape index (κ1) is 13.7. The molecule has 0 bridgehead atoms. The molecule has 1 aromatic rings. The molecule has 1 heterocycles. The van der Waals surface area contributed by atoms with E-state index in [1.165, 1.54) is 18.2 Å². The zero-order chi connectivity index (χ0) is 13.9. The molecule has 1 unspecified atom stereocenters. The Kier molecular flexibility index (Phi) is 3.94. The maximum absolute atomic E-state index is 12.2. The van der Waals surface area contributed by atoms with E-state index in [9.17, 15) is 18.0 Å². The smallest absolute Gasteiger partial charge is 0.464 e. The van der Waals surface area contributed by atoms with Crippen LogP contribution in [0.2, 0.25) is 0 Å². The summed E-state index contributed by atoms with van der Waals surface area (Å²) >= 11 is 0. The molecule has 1 N–H and O–H groups in total. The first-order chi connectivity index (χ1) is 8.96. The number of para-hydroxylation sites is 1. The molecule has 1 aromatic carbocycles. The molecule has 2 rings (SSSR count). The number of nitrogens with one attached hydrogen (secondary N) is 1. The average molecular weight is 275 g/mol. The highest BCUT2D eigenvalue weighted by molar-refractivity contribution is 5.77. The highest BCUT2D eigenvalue weighted by Gasteiger charge is 2.32. The number of benzene rings is 1. The SMILES string of the molecule is O=C1OCCC1NCc1ccccc1OC(F)(F)F. The van der Waals surface area contributed by atoms with Gasteiger partial charge in [0.25, 0.3) is 0 Å². The molecule has 0 aromatic heterocycles. The first-order valence-corrected chi connectivity index (χ1v) is 5.69. The fourth-order valence-corrected chi connectivity index (χ4v) is 1.79. The van der Waals surface area contributed by atoms with E-state index in [1.807, 2.05) is 0 Å². The maximum atomic E-state index is 12.2. The molecule has 104 valence electrons. The zero-order valence-electron chi connectivity index (χ0n) is 9.87. The van der Waals surface area contributed by atoms with E-state index in [-0.39, 0.29) is 18.3 Å². The summed E-state index contributed by atoms with van der Waals surface area (Å²) in [5.41, 5.74) is 0.333. The predicted octanol–water partition coefficient (Wildman–Crippen LogP) is 1.99. The summed E-state index contributed by atoms with van der Waals surface area (Å²) in [7, 11) is 0.